The van der Waals surface area contributed by atoms with Crippen molar-refractivity contribution in [3.8, 4) is 5.75 Å². The van der Waals surface area contributed by atoms with Gasteiger partial charge in [0.25, 0.3) is 0 Å². The quantitative estimate of drug-likeness (QED) is 0.650. The molecule has 0 saturated carbocycles. The molecule has 4 nitrogen and oxygen atoms in total. The summed E-state index contributed by atoms with van der Waals surface area (Å²) in [5.41, 5.74) is 1.13. The SMILES string of the molecule is CCNC(=O)CCNCc1cc(Br)c(OCC)c(Br)c1. The highest BCUT2D eigenvalue weighted by Gasteiger charge is 2.08. The number of hydrogen-bond donors (Lipinski definition) is 2. The van der Waals surface area contributed by atoms with Gasteiger partial charge >= 0.3 is 0 Å². The monoisotopic (exact) mass is 406 g/mol. The summed E-state index contributed by atoms with van der Waals surface area (Å²) in [6, 6.07) is 4.05. The molecule has 20 heavy (non-hydrogen) atoms. The molecule has 1 amide bonds. The highest BCUT2D eigenvalue weighted by molar-refractivity contribution is 9.11. The fourth-order valence-corrected chi connectivity index (χ4v) is 3.23. The van der Waals surface area contributed by atoms with Crippen molar-refractivity contribution in [3.05, 3.63) is 26.6 Å². The number of carbonyl (C=O) groups excluding carboxylic acids is 1. The van der Waals surface area contributed by atoms with Crippen LogP contribution in [0.2, 0.25) is 0 Å². The van der Waals surface area contributed by atoms with Crippen LogP contribution in [0.5, 0.6) is 5.75 Å². The Balaban J connectivity index is 2.47. The van der Waals surface area contributed by atoms with E-state index in [1.807, 2.05) is 26.0 Å². The van der Waals surface area contributed by atoms with Crippen LogP contribution in [-0.4, -0.2) is 25.6 Å². The van der Waals surface area contributed by atoms with Gasteiger partial charge in [0.15, 0.2) is 0 Å². The zero-order valence-corrected chi connectivity index (χ0v) is 14.9. The number of benzene rings is 1. The summed E-state index contributed by atoms with van der Waals surface area (Å²) in [6.45, 7) is 6.55. The standard InChI is InChI=1S/C14H20Br2N2O2/c1-3-18-13(19)5-6-17-9-10-7-11(15)14(20-4-2)12(16)8-10/h7-8,17H,3-6,9H2,1-2H3,(H,18,19). The highest BCUT2D eigenvalue weighted by Crippen LogP contribution is 2.34. The maximum absolute atomic E-state index is 11.3. The maximum atomic E-state index is 11.3. The van der Waals surface area contributed by atoms with Crippen LogP contribution in [0.4, 0.5) is 0 Å². The first-order valence-corrected chi connectivity index (χ1v) is 8.25. The summed E-state index contributed by atoms with van der Waals surface area (Å²) >= 11 is 7.01. The molecule has 0 radical (unpaired) electrons. The molecule has 2 N–H and O–H groups in total. The minimum Gasteiger partial charge on any atom is -0.492 e. The summed E-state index contributed by atoms with van der Waals surface area (Å²) in [5.74, 6) is 0.896. The van der Waals surface area contributed by atoms with Gasteiger partial charge in [0.1, 0.15) is 5.75 Å². The molecule has 0 saturated heterocycles. The third kappa shape index (κ3) is 5.81. The molecule has 1 rings (SSSR count). The molecule has 112 valence electrons. The number of nitrogens with one attached hydrogen (secondary N) is 2. The number of carbonyl (C=O) groups is 1. The number of amides is 1. The van der Waals surface area contributed by atoms with Crippen LogP contribution in [-0.2, 0) is 11.3 Å². The van der Waals surface area contributed by atoms with Gasteiger partial charge in [0.2, 0.25) is 5.91 Å². The number of rotatable bonds is 8. The number of ether oxygens (including phenoxy) is 1. The van der Waals surface area contributed by atoms with E-state index < -0.39 is 0 Å². The molecule has 0 aliphatic rings. The second-order valence-corrected chi connectivity index (χ2v) is 5.91. The number of hydrogen-bond acceptors (Lipinski definition) is 3. The lowest BCUT2D eigenvalue weighted by Gasteiger charge is -2.11. The van der Waals surface area contributed by atoms with Crippen molar-refractivity contribution in [2.24, 2.45) is 0 Å². The van der Waals surface area contributed by atoms with Gasteiger partial charge in [-0.3, -0.25) is 4.79 Å². The second kappa shape index (κ2) is 9.37. The molecular formula is C14H20Br2N2O2. The molecule has 1 aromatic rings. The Morgan fingerprint density at radius 2 is 1.90 bits per heavy atom. The molecule has 0 aliphatic carbocycles. The lowest BCUT2D eigenvalue weighted by Crippen LogP contribution is -2.27. The van der Waals surface area contributed by atoms with Crippen LogP contribution in [0.25, 0.3) is 0 Å². The summed E-state index contributed by atoms with van der Waals surface area (Å²) in [4.78, 5) is 11.3. The average Bonchev–Trinajstić information content (AvgIpc) is 2.39. The van der Waals surface area contributed by atoms with Crippen molar-refractivity contribution < 1.29 is 9.53 Å². The molecule has 0 heterocycles. The minimum absolute atomic E-state index is 0.0778. The molecule has 6 heteroatoms. The first kappa shape index (κ1) is 17.5. The van der Waals surface area contributed by atoms with Crippen LogP contribution in [0.1, 0.15) is 25.8 Å². The van der Waals surface area contributed by atoms with Crippen LogP contribution < -0.4 is 15.4 Å². The first-order chi connectivity index (χ1) is 9.58. The van der Waals surface area contributed by atoms with Gasteiger partial charge in [-0.2, -0.15) is 0 Å². The van der Waals surface area contributed by atoms with E-state index in [1.165, 1.54) is 0 Å². The summed E-state index contributed by atoms with van der Waals surface area (Å²) in [7, 11) is 0. The molecule has 0 aromatic heterocycles. The van der Waals surface area contributed by atoms with E-state index in [9.17, 15) is 4.79 Å². The largest absolute Gasteiger partial charge is 0.492 e. The normalized spacial score (nSPS) is 10.4. The minimum atomic E-state index is 0.0778. The van der Waals surface area contributed by atoms with E-state index >= 15 is 0 Å². The Morgan fingerprint density at radius 1 is 1.25 bits per heavy atom. The van der Waals surface area contributed by atoms with Crippen LogP contribution in [0.15, 0.2) is 21.1 Å². The van der Waals surface area contributed by atoms with E-state index in [2.05, 4.69) is 42.5 Å². The Labute approximate surface area is 136 Å². The van der Waals surface area contributed by atoms with Crippen molar-refractivity contribution in [2.45, 2.75) is 26.8 Å². The van der Waals surface area contributed by atoms with Crippen molar-refractivity contribution in [2.75, 3.05) is 19.7 Å². The predicted octanol–water partition coefficient (Wildman–Crippen LogP) is 3.23. The van der Waals surface area contributed by atoms with E-state index in [4.69, 9.17) is 4.74 Å². The van der Waals surface area contributed by atoms with Gasteiger partial charge in [0, 0.05) is 26.1 Å². The summed E-state index contributed by atoms with van der Waals surface area (Å²) in [6.07, 6.45) is 0.493. The topological polar surface area (TPSA) is 50.4 Å². The van der Waals surface area contributed by atoms with Crippen molar-refractivity contribution >= 4 is 37.8 Å². The van der Waals surface area contributed by atoms with E-state index in [-0.39, 0.29) is 5.91 Å². The number of halogens is 2. The Kier molecular flexibility index (Phi) is 8.18. The third-order valence-electron chi connectivity index (χ3n) is 2.58. The van der Waals surface area contributed by atoms with Gasteiger partial charge in [-0.1, -0.05) is 0 Å². The van der Waals surface area contributed by atoms with Crippen LogP contribution >= 0.6 is 31.9 Å². The van der Waals surface area contributed by atoms with E-state index in [1.54, 1.807) is 0 Å². The molecule has 0 bridgehead atoms. The fraction of sp³-hybridized carbons (Fsp3) is 0.500. The van der Waals surface area contributed by atoms with Crippen molar-refractivity contribution in [3.63, 3.8) is 0 Å². The molecule has 0 spiro atoms. The molecule has 1 aromatic carbocycles. The average molecular weight is 408 g/mol. The second-order valence-electron chi connectivity index (χ2n) is 4.20. The summed E-state index contributed by atoms with van der Waals surface area (Å²) in [5, 5.41) is 6.03. The maximum Gasteiger partial charge on any atom is 0.221 e. The lowest BCUT2D eigenvalue weighted by molar-refractivity contribution is -0.120. The fourth-order valence-electron chi connectivity index (χ4n) is 1.72. The predicted molar refractivity (Wildman–Crippen MR) is 88.0 cm³/mol. The zero-order chi connectivity index (χ0) is 15.0. The van der Waals surface area contributed by atoms with Crippen LogP contribution in [0, 0.1) is 0 Å². The van der Waals surface area contributed by atoms with Crippen molar-refractivity contribution in [1.29, 1.82) is 0 Å². The third-order valence-corrected chi connectivity index (χ3v) is 3.76. The Hall–Kier alpha value is -0.590. The Bertz CT molecular complexity index is 430. The van der Waals surface area contributed by atoms with Gasteiger partial charge < -0.3 is 15.4 Å². The Morgan fingerprint density at radius 3 is 2.45 bits per heavy atom. The van der Waals surface area contributed by atoms with E-state index in [0.717, 1.165) is 20.3 Å². The van der Waals surface area contributed by atoms with Crippen LogP contribution in [0.3, 0.4) is 0 Å². The first-order valence-electron chi connectivity index (χ1n) is 6.66. The van der Waals surface area contributed by atoms with Crippen molar-refractivity contribution in [1.82, 2.24) is 10.6 Å². The summed E-state index contributed by atoms with van der Waals surface area (Å²) < 4.78 is 7.39. The smallest absolute Gasteiger partial charge is 0.221 e. The zero-order valence-electron chi connectivity index (χ0n) is 11.8. The molecule has 0 atom stereocenters. The van der Waals surface area contributed by atoms with E-state index in [0.29, 0.717) is 32.7 Å². The van der Waals surface area contributed by atoms with Gasteiger partial charge in [0.05, 0.1) is 15.6 Å². The molecule has 0 fully saturated rings. The van der Waals surface area contributed by atoms with Gasteiger partial charge in [-0.25, -0.2) is 0 Å². The highest BCUT2D eigenvalue weighted by atomic mass is 79.9. The molecule has 0 unspecified atom stereocenters. The van der Waals surface area contributed by atoms with Gasteiger partial charge in [-0.05, 0) is 63.4 Å². The van der Waals surface area contributed by atoms with Gasteiger partial charge in [-0.15, -0.1) is 0 Å². The lowest BCUT2D eigenvalue weighted by atomic mass is 10.2. The molecule has 0 aliphatic heterocycles. The molecular weight excluding hydrogens is 388 g/mol.